The minimum atomic E-state index is 0.477. The monoisotopic (exact) mass is 354 g/mol. The Balaban J connectivity index is 1.92. The molecule has 0 aliphatic carbocycles. The molecule has 0 aromatic heterocycles. The number of anilines is 2. The summed E-state index contributed by atoms with van der Waals surface area (Å²) in [6.07, 6.45) is 1.77. The van der Waals surface area contributed by atoms with Crippen LogP contribution in [0.4, 0.5) is 11.4 Å². The lowest BCUT2D eigenvalue weighted by molar-refractivity contribution is 0.866. The molecule has 0 unspecified atom stereocenters. The Labute approximate surface area is 155 Å². The Hall–Kier alpha value is -2.40. The van der Waals surface area contributed by atoms with E-state index in [0.717, 1.165) is 24.3 Å². The van der Waals surface area contributed by atoms with Gasteiger partial charge in [-0.15, -0.1) is 0 Å². The zero-order chi connectivity index (χ0) is 18.2. The molecule has 5 heteroatoms. The van der Waals surface area contributed by atoms with Gasteiger partial charge in [-0.1, -0.05) is 24.3 Å². The summed E-state index contributed by atoms with van der Waals surface area (Å²) < 4.78 is 0. The van der Waals surface area contributed by atoms with Gasteiger partial charge in [0.05, 0.1) is 6.21 Å². The highest BCUT2D eigenvalue weighted by atomic mass is 32.1. The molecule has 0 atom stereocenters. The van der Waals surface area contributed by atoms with Crippen LogP contribution in [0.3, 0.4) is 0 Å². The van der Waals surface area contributed by atoms with Gasteiger partial charge in [0.2, 0.25) is 0 Å². The van der Waals surface area contributed by atoms with Crippen LogP contribution in [0, 0.1) is 13.8 Å². The van der Waals surface area contributed by atoms with Crippen molar-refractivity contribution < 1.29 is 0 Å². The van der Waals surface area contributed by atoms with Gasteiger partial charge in [0.15, 0.2) is 5.11 Å². The second-order valence-electron chi connectivity index (χ2n) is 5.84. The van der Waals surface area contributed by atoms with Crippen molar-refractivity contribution >= 4 is 34.9 Å². The van der Waals surface area contributed by atoms with Crippen molar-refractivity contribution in [3.8, 4) is 0 Å². The van der Waals surface area contributed by atoms with Crippen molar-refractivity contribution in [1.82, 2.24) is 5.43 Å². The van der Waals surface area contributed by atoms with E-state index in [1.165, 1.54) is 16.8 Å². The van der Waals surface area contributed by atoms with E-state index in [1.54, 1.807) is 6.21 Å². The highest BCUT2D eigenvalue weighted by molar-refractivity contribution is 7.80. The highest BCUT2D eigenvalue weighted by Gasteiger charge is 2.02. The quantitative estimate of drug-likeness (QED) is 0.456. The standard InChI is InChI=1S/C20H26N4S/c1-5-24(6-2)18-12-10-17(11-13-18)14-21-23-20(25)22-19-9-7-8-15(3)16(19)4/h7-14H,5-6H2,1-4H3,(H2,22,23,25). The maximum absolute atomic E-state index is 5.30. The van der Waals surface area contributed by atoms with E-state index in [4.69, 9.17) is 12.2 Å². The molecule has 0 heterocycles. The van der Waals surface area contributed by atoms with Crippen LogP contribution in [0.2, 0.25) is 0 Å². The second-order valence-corrected chi connectivity index (χ2v) is 6.24. The molecular weight excluding hydrogens is 328 g/mol. The summed E-state index contributed by atoms with van der Waals surface area (Å²) in [6.45, 7) is 10.5. The summed E-state index contributed by atoms with van der Waals surface area (Å²) in [4.78, 5) is 2.31. The van der Waals surface area contributed by atoms with Gasteiger partial charge in [-0.2, -0.15) is 5.10 Å². The first-order chi connectivity index (χ1) is 12.0. The number of benzene rings is 2. The number of hydrogen-bond donors (Lipinski definition) is 2. The van der Waals surface area contributed by atoms with Crippen molar-refractivity contribution in [2.45, 2.75) is 27.7 Å². The Morgan fingerprint density at radius 2 is 1.76 bits per heavy atom. The first-order valence-electron chi connectivity index (χ1n) is 8.56. The van der Waals surface area contributed by atoms with E-state index in [9.17, 15) is 0 Å². The molecule has 4 nitrogen and oxygen atoms in total. The molecule has 2 N–H and O–H groups in total. The molecule has 2 rings (SSSR count). The molecule has 0 aliphatic heterocycles. The number of nitrogens with one attached hydrogen (secondary N) is 2. The van der Waals surface area contributed by atoms with Crippen molar-refractivity contribution in [2.75, 3.05) is 23.3 Å². The molecule has 0 amide bonds. The molecule has 25 heavy (non-hydrogen) atoms. The fraction of sp³-hybridized carbons (Fsp3) is 0.300. The topological polar surface area (TPSA) is 39.7 Å². The zero-order valence-electron chi connectivity index (χ0n) is 15.3. The Morgan fingerprint density at radius 1 is 1.08 bits per heavy atom. The van der Waals surface area contributed by atoms with E-state index in [1.807, 2.05) is 12.1 Å². The van der Waals surface area contributed by atoms with Crippen LogP contribution >= 0.6 is 12.2 Å². The molecule has 0 radical (unpaired) electrons. The summed E-state index contributed by atoms with van der Waals surface area (Å²) in [6, 6.07) is 14.4. The predicted molar refractivity (Wildman–Crippen MR) is 113 cm³/mol. The smallest absolute Gasteiger partial charge is 0.191 e. The van der Waals surface area contributed by atoms with Gasteiger partial charge in [0.25, 0.3) is 0 Å². The minimum Gasteiger partial charge on any atom is -0.372 e. The fourth-order valence-electron chi connectivity index (χ4n) is 2.56. The summed E-state index contributed by atoms with van der Waals surface area (Å²) in [5, 5.41) is 7.87. The van der Waals surface area contributed by atoms with Crippen molar-refractivity contribution in [2.24, 2.45) is 5.10 Å². The average Bonchev–Trinajstić information content (AvgIpc) is 2.61. The number of nitrogens with zero attached hydrogens (tertiary/aromatic N) is 2. The second kappa shape index (κ2) is 9.18. The molecule has 132 valence electrons. The maximum Gasteiger partial charge on any atom is 0.191 e. The van der Waals surface area contributed by atoms with E-state index < -0.39 is 0 Å². The van der Waals surface area contributed by atoms with E-state index in [2.05, 4.69) is 78.8 Å². The first kappa shape index (κ1) is 18.9. The lowest BCUT2D eigenvalue weighted by atomic mass is 10.1. The van der Waals surface area contributed by atoms with Crippen LogP contribution in [0.5, 0.6) is 0 Å². The lowest BCUT2D eigenvalue weighted by Gasteiger charge is -2.20. The van der Waals surface area contributed by atoms with Crippen LogP contribution in [0.15, 0.2) is 47.6 Å². The Kier molecular flexibility index (Phi) is 6.95. The fourth-order valence-corrected chi connectivity index (χ4v) is 2.72. The normalized spacial score (nSPS) is 10.7. The van der Waals surface area contributed by atoms with Crippen LogP contribution in [-0.4, -0.2) is 24.4 Å². The lowest BCUT2D eigenvalue weighted by Crippen LogP contribution is -2.24. The van der Waals surface area contributed by atoms with Crippen LogP contribution in [-0.2, 0) is 0 Å². The molecule has 0 bridgehead atoms. The van der Waals surface area contributed by atoms with Gasteiger partial charge in [-0.3, -0.25) is 5.43 Å². The molecular formula is C20H26N4S. The van der Waals surface area contributed by atoms with Gasteiger partial charge in [-0.25, -0.2) is 0 Å². The molecule has 0 fully saturated rings. The average molecular weight is 355 g/mol. The van der Waals surface area contributed by atoms with Gasteiger partial charge in [-0.05, 0) is 74.8 Å². The SMILES string of the molecule is CCN(CC)c1ccc(C=NNC(=S)Nc2cccc(C)c2C)cc1. The molecule has 0 aliphatic rings. The van der Waals surface area contributed by atoms with Crippen LogP contribution in [0.25, 0.3) is 0 Å². The van der Waals surface area contributed by atoms with Gasteiger partial charge in [0, 0.05) is 24.5 Å². The van der Waals surface area contributed by atoms with Crippen LogP contribution in [0.1, 0.15) is 30.5 Å². The van der Waals surface area contributed by atoms with E-state index >= 15 is 0 Å². The van der Waals surface area contributed by atoms with Crippen molar-refractivity contribution in [3.05, 3.63) is 59.2 Å². The van der Waals surface area contributed by atoms with Gasteiger partial charge >= 0.3 is 0 Å². The third-order valence-electron chi connectivity index (χ3n) is 4.25. The third kappa shape index (κ3) is 5.29. The largest absolute Gasteiger partial charge is 0.372 e. The minimum absolute atomic E-state index is 0.477. The molecule has 2 aromatic carbocycles. The predicted octanol–water partition coefficient (Wildman–Crippen LogP) is 4.47. The third-order valence-corrected chi connectivity index (χ3v) is 4.45. The van der Waals surface area contributed by atoms with Crippen molar-refractivity contribution in [1.29, 1.82) is 0 Å². The maximum atomic E-state index is 5.30. The van der Waals surface area contributed by atoms with Crippen LogP contribution < -0.4 is 15.6 Å². The molecule has 0 saturated heterocycles. The van der Waals surface area contributed by atoms with Gasteiger partial charge in [0.1, 0.15) is 0 Å². The first-order valence-corrected chi connectivity index (χ1v) is 8.97. The van der Waals surface area contributed by atoms with E-state index in [-0.39, 0.29) is 0 Å². The summed E-state index contributed by atoms with van der Waals surface area (Å²) >= 11 is 5.30. The molecule has 0 spiro atoms. The number of hydrogen-bond acceptors (Lipinski definition) is 3. The molecule has 0 saturated carbocycles. The van der Waals surface area contributed by atoms with Crippen molar-refractivity contribution in [3.63, 3.8) is 0 Å². The summed E-state index contributed by atoms with van der Waals surface area (Å²) in [7, 11) is 0. The Bertz CT molecular complexity index is 734. The zero-order valence-corrected chi connectivity index (χ0v) is 16.2. The van der Waals surface area contributed by atoms with Gasteiger partial charge < -0.3 is 10.2 Å². The number of rotatable bonds is 6. The van der Waals surface area contributed by atoms with E-state index in [0.29, 0.717) is 5.11 Å². The number of aryl methyl sites for hydroxylation is 1. The number of thiocarbonyl (C=S) groups is 1. The summed E-state index contributed by atoms with van der Waals surface area (Å²) in [5.41, 5.74) is 8.52. The highest BCUT2D eigenvalue weighted by Crippen LogP contribution is 2.17. The summed E-state index contributed by atoms with van der Waals surface area (Å²) in [5.74, 6) is 0. The number of hydrazone groups is 1. The molecule has 2 aromatic rings. The Morgan fingerprint density at radius 3 is 2.40 bits per heavy atom.